The molecule has 0 spiro atoms. The summed E-state index contributed by atoms with van der Waals surface area (Å²) in [6.07, 6.45) is 4.92. The lowest BCUT2D eigenvalue weighted by atomic mass is 9.81. The number of piperidine rings is 1. The molecule has 206 valence electrons. The van der Waals surface area contributed by atoms with Gasteiger partial charge in [0.05, 0.1) is 11.2 Å². The number of rotatable bonds is 7. The summed E-state index contributed by atoms with van der Waals surface area (Å²) >= 11 is 0. The zero-order chi connectivity index (χ0) is 27.6. The van der Waals surface area contributed by atoms with Gasteiger partial charge in [0.2, 0.25) is 11.9 Å². The van der Waals surface area contributed by atoms with Crippen LogP contribution in [-0.2, 0) is 18.8 Å². The minimum Gasteiger partial charge on any atom is -0.444 e. The first-order valence-corrected chi connectivity index (χ1v) is 13.3. The van der Waals surface area contributed by atoms with Crippen LogP contribution in [0.4, 0.5) is 10.7 Å². The van der Waals surface area contributed by atoms with E-state index in [-0.39, 0.29) is 17.7 Å². The van der Waals surface area contributed by atoms with Gasteiger partial charge in [-0.05, 0) is 73.1 Å². The number of amides is 2. The quantitative estimate of drug-likeness (QED) is 0.531. The maximum atomic E-state index is 12.9. The van der Waals surface area contributed by atoms with Gasteiger partial charge < -0.3 is 29.6 Å². The van der Waals surface area contributed by atoms with Crippen molar-refractivity contribution in [3.63, 3.8) is 0 Å². The summed E-state index contributed by atoms with van der Waals surface area (Å²) in [7, 11) is -0.494. The van der Waals surface area contributed by atoms with Crippen LogP contribution in [0.1, 0.15) is 75.2 Å². The van der Waals surface area contributed by atoms with Gasteiger partial charge in [0.15, 0.2) is 0 Å². The van der Waals surface area contributed by atoms with Crippen LogP contribution in [0, 0.1) is 11.8 Å². The number of alkyl carbamates (subject to hydrolysis) is 1. The minimum absolute atomic E-state index is 0.0775. The molecule has 3 rings (SSSR count). The first-order chi connectivity index (χ1) is 17.1. The van der Waals surface area contributed by atoms with Gasteiger partial charge in [-0.3, -0.25) is 4.79 Å². The van der Waals surface area contributed by atoms with Crippen molar-refractivity contribution >= 4 is 30.5 Å². The Morgan fingerprint density at radius 2 is 1.76 bits per heavy atom. The van der Waals surface area contributed by atoms with Crippen molar-refractivity contribution in [3.05, 3.63) is 12.4 Å². The molecule has 2 aliphatic heterocycles. The van der Waals surface area contributed by atoms with E-state index in [0.29, 0.717) is 12.5 Å². The molecule has 37 heavy (non-hydrogen) atoms. The summed E-state index contributed by atoms with van der Waals surface area (Å²) in [5.74, 6) is 0.619. The molecule has 1 aromatic heterocycles. The molecule has 1 aromatic rings. The SMILES string of the molecule is CC(C)[C@@H](NC(=O)OC(C)(C)C)C(=O)NC[C@@H]1CCCN(c2ncc(B3OC(C)(C)C(C)(C)O3)cn2)C1. The average molecular weight is 517 g/mol. The largest absolute Gasteiger partial charge is 0.498 e. The summed E-state index contributed by atoms with van der Waals surface area (Å²) in [4.78, 5) is 36.4. The number of hydrogen-bond donors (Lipinski definition) is 2. The van der Waals surface area contributed by atoms with Gasteiger partial charge in [-0.15, -0.1) is 0 Å². The molecule has 0 unspecified atom stereocenters. The normalized spacial score (nSPS) is 22.1. The van der Waals surface area contributed by atoms with E-state index in [1.165, 1.54) is 0 Å². The van der Waals surface area contributed by atoms with Crippen LogP contribution in [0.3, 0.4) is 0 Å². The van der Waals surface area contributed by atoms with Gasteiger partial charge in [0.1, 0.15) is 11.6 Å². The third kappa shape index (κ3) is 7.57. The summed E-state index contributed by atoms with van der Waals surface area (Å²) in [5, 5.41) is 5.74. The van der Waals surface area contributed by atoms with Crippen LogP contribution in [0.5, 0.6) is 0 Å². The van der Waals surface area contributed by atoms with Crippen LogP contribution in [-0.4, -0.2) is 71.6 Å². The lowest BCUT2D eigenvalue weighted by Crippen LogP contribution is -2.52. The smallest absolute Gasteiger partial charge is 0.444 e. The molecular weight excluding hydrogens is 473 g/mol. The second-order valence-electron chi connectivity index (χ2n) is 12.5. The van der Waals surface area contributed by atoms with E-state index < -0.39 is 36.1 Å². The van der Waals surface area contributed by atoms with E-state index in [0.717, 1.165) is 31.4 Å². The number of nitrogens with zero attached hydrogens (tertiary/aromatic N) is 3. The van der Waals surface area contributed by atoms with Crippen molar-refractivity contribution in [2.45, 2.75) is 98.0 Å². The highest BCUT2D eigenvalue weighted by molar-refractivity contribution is 6.61. The highest BCUT2D eigenvalue weighted by Crippen LogP contribution is 2.36. The Balaban J connectivity index is 1.54. The molecule has 0 aromatic carbocycles. The molecule has 3 heterocycles. The van der Waals surface area contributed by atoms with Crippen molar-refractivity contribution in [2.75, 3.05) is 24.5 Å². The third-order valence-electron chi connectivity index (χ3n) is 7.17. The fourth-order valence-corrected chi connectivity index (χ4v) is 4.33. The van der Waals surface area contributed by atoms with Crippen LogP contribution in [0.2, 0.25) is 0 Å². The molecule has 0 radical (unpaired) electrons. The van der Waals surface area contributed by atoms with Crippen LogP contribution in [0.25, 0.3) is 0 Å². The van der Waals surface area contributed by atoms with E-state index in [2.05, 4.69) is 25.5 Å². The van der Waals surface area contributed by atoms with Gasteiger partial charge in [0, 0.05) is 37.5 Å². The summed E-state index contributed by atoms with van der Waals surface area (Å²) in [5.41, 5.74) is -0.672. The molecule has 2 fully saturated rings. The van der Waals surface area contributed by atoms with Gasteiger partial charge in [-0.1, -0.05) is 13.8 Å². The highest BCUT2D eigenvalue weighted by atomic mass is 16.7. The molecule has 11 heteroatoms. The first-order valence-electron chi connectivity index (χ1n) is 13.3. The van der Waals surface area contributed by atoms with E-state index in [4.69, 9.17) is 14.0 Å². The van der Waals surface area contributed by atoms with E-state index in [1.54, 1.807) is 33.2 Å². The number of aromatic nitrogens is 2. The van der Waals surface area contributed by atoms with Crippen LogP contribution >= 0.6 is 0 Å². The minimum atomic E-state index is -0.666. The summed E-state index contributed by atoms with van der Waals surface area (Å²) < 4.78 is 17.5. The predicted octanol–water partition coefficient (Wildman–Crippen LogP) is 2.66. The maximum absolute atomic E-state index is 12.9. The van der Waals surface area contributed by atoms with E-state index in [1.807, 2.05) is 41.5 Å². The molecule has 0 saturated carbocycles. The van der Waals surface area contributed by atoms with Gasteiger partial charge in [-0.2, -0.15) is 0 Å². The molecule has 0 bridgehead atoms. The molecule has 2 N–H and O–H groups in total. The number of ether oxygens (including phenoxy) is 1. The lowest BCUT2D eigenvalue weighted by molar-refractivity contribution is -0.124. The highest BCUT2D eigenvalue weighted by Gasteiger charge is 2.52. The lowest BCUT2D eigenvalue weighted by Gasteiger charge is -2.33. The number of carbonyl (C=O) groups is 2. The number of anilines is 1. The van der Waals surface area contributed by atoms with Gasteiger partial charge >= 0.3 is 13.2 Å². The molecule has 0 aliphatic carbocycles. The third-order valence-corrected chi connectivity index (χ3v) is 7.17. The number of nitrogens with one attached hydrogen (secondary N) is 2. The van der Waals surface area contributed by atoms with Crippen molar-refractivity contribution in [1.82, 2.24) is 20.6 Å². The Kier molecular flexibility index (Phi) is 8.79. The average Bonchev–Trinajstić information content (AvgIpc) is 3.01. The molecule has 2 atom stereocenters. The number of carbonyl (C=O) groups excluding carboxylic acids is 2. The monoisotopic (exact) mass is 517 g/mol. The van der Waals surface area contributed by atoms with Crippen molar-refractivity contribution in [3.8, 4) is 0 Å². The van der Waals surface area contributed by atoms with Crippen molar-refractivity contribution in [1.29, 1.82) is 0 Å². The molecule has 2 aliphatic rings. The molecule has 10 nitrogen and oxygen atoms in total. The standard InChI is InChI=1S/C26H44BN5O5/c1-17(2)20(31-23(34)35-24(3,4)5)21(33)28-13-18-11-10-12-32(16-18)22-29-14-19(15-30-22)27-36-25(6,7)26(8,9)37-27/h14-15,17-18,20H,10-13,16H2,1-9H3,(H,28,33)(H,31,34)/t18-,20+/m0/s1. The summed E-state index contributed by atoms with van der Waals surface area (Å²) in [6, 6.07) is -0.666. The van der Waals surface area contributed by atoms with E-state index >= 15 is 0 Å². The Labute approximate surface area is 221 Å². The Bertz CT molecular complexity index is 932. The molecule has 2 amide bonds. The van der Waals surface area contributed by atoms with Gasteiger partial charge in [-0.25, -0.2) is 14.8 Å². The summed E-state index contributed by atoms with van der Waals surface area (Å²) in [6.45, 7) is 19.4. The topological polar surface area (TPSA) is 115 Å². The second-order valence-corrected chi connectivity index (χ2v) is 12.5. The van der Waals surface area contributed by atoms with E-state index in [9.17, 15) is 9.59 Å². The predicted molar refractivity (Wildman–Crippen MR) is 144 cm³/mol. The fraction of sp³-hybridized carbons (Fsp3) is 0.769. The molecular formula is C26H44BN5O5. The zero-order valence-electron chi connectivity index (χ0n) is 23.9. The van der Waals surface area contributed by atoms with Crippen molar-refractivity contribution < 1.29 is 23.6 Å². The van der Waals surface area contributed by atoms with Gasteiger partial charge in [0.25, 0.3) is 0 Å². The second kappa shape index (κ2) is 11.1. The Morgan fingerprint density at radius 1 is 1.16 bits per heavy atom. The fourth-order valence-electron chi connectivity index (χ4n) is 4.33. The van der Waals surface area contributed by atoms with Crippen LogP contribution in [0.15, 0.2) is 12.4 Å². The van der Waals surface area contributed by atoms with Crippen molar-refractivity contribution in [2.24, 2.45) is 11.8 Å². The Hall–Kier alpha value is -2.40. The maximum Gasteiger partial charge on any atom is 0.498 e. The van der Waals surface area contributed by atoms with Crippen LogP contribution < -0.4 is 21.0 Å². The number of hydrogen-bond acceptors (Lipinski definition) is 8. The Morgan fingerprint density at radius 3 is 2.30 bits per heavy atom. The zero-order valence-corrected chi connectivity index (χ0v) is 23.9. The first kappa shape index (κ1) is 29.2. The molecule has 2 saturated heterocycles.